The minimum absolute atomic E-state index is 1.08. The fourth-order valence-electron chi connectivity index (χ4n) is 2.81. The lowest BCUT2D eigenvalue weighted by atomic mass is 10.1. The number of nitrogens with one attached hydrogen (secondary N) is 3. The third-order valence-electron chi connectivity index (χ3n) is 4.22. The highest BCUT2D eigenvalue weighted by Gasteiger charge is 2.07. The van der Waals surface area contributed by atoms with Crippen LogP contribution in [0.1, 0.15) is 25.7 Å². The Labute approximate surface area is 138 Å². The Hall–Kier alpha value is -0.200. The Balaban J connectivity index is 2.09. The minimum atomic E-state index is 1.08. The molecule has 0 bridgehead atoms. The van der Waals surface area contributed by atoms with Crippen molar-refractivity contribution in [2.45, 2.75) is 25.7 Å². The zero-order chi connectivity index (χ0) is 16.1. The second kappa shape index (κ2) is 12.3. The quantitative estimate of drug-likeness (QED) is 0.468. The maximum atomic E-state index is 3.53. The van der Waals surface area contributed by atoms with E-state index in [4.69, 9.17) is 0 Å². The average Bonchev–Trinajstić information content (AvgIpc) is 2.43. The standard InChI is InChI=1S/C17H40N5/c1-22(2,3)17-7-5-4-6-14-21-15-12-19-10-8-18-9-11-20-13-16-21/h18-20H,4-17H2,1-3H3/q+1. The van der Waals surface area contributed by atoms with Gasteiger partial charge in [-0.25, -0.2) is 0 Å². The molecule has 0 saturated carbocycles. The lowest BCUT2D eigenvalue weighted by molar-refractivity contribution is -0.870. The maximum absolute atomic E-state index is 3.53. The second-order valence-electron chi connectivity index (χ2n) is 7.52. The molecule has 3 N–H and O–H groups in total. The third kappa shape index (κ3) is 12.4. The van der Waals surface area contributed by atoms with Crippen molar-refractivity contribution < 1.29 is 4.48 Å². The zero-order valence-electron chi connectivity index (χ0n) is 15.3. The number of hydrogen-bond acceptors (Lipinski definition) is 4. The fourth-order valence-corrected chi connectivity index (χ4v) is 2.81. The van der Waals surface area contributed by atoms with E-state index in [2.05, 4.69) is 42.0 Å². The van der Waals surface area contributed by atoms with Crippen LogP contribution in [-0.4, -0.2) is 96.0 Å². The van der Waals surface area contributed by atoms with Gasteiger partial charge in [-0.2, -0.15) is 0 Å². The summed E-state index contributed by atoms with van der Waals surface area (Å²) >= 11 is 0. The number of rotatable bonds is 7. The van der Waals surface area contributed by atoms with E-state index in [1.54, 1.807) is 0 Å². The summed E-state index contributed by atoms with van der Waals surface area (Å²) < 4.78 is 1.10. The fraction of sp³-hybridized carbons (Fsp3) is 1.00. The third-order valence-corrected chi connectivity index (χ3v) is 4.22. The van der Waals surface area contributed by atoms with E-state index in [0.29, 0.717) is 0 Å². The Morgan fingerprint density at radius 2 is 1.18 bits per heavy atom. The topological polar surface area (TPSA) is 39.3 Å². The van der Waals surface area contributed by atoms with Crippen molar-refractivity contribution in [2.75, 3.05) is 86.6 Å². The Bertz CT molecular complexity index is 240. The number of hydrogen-bond donors (Lipinski definition) is 3. The minimum Gasteiger partial charge on any atom is -0.331 e. The van der Waals surface area contributed by atoms with Gasteiger partial charge in [0.25, 0.3) is 0 Å². The van der Waals surface area contributed by atoms with Crippen molar-refractivity contribution in [3.8, 4) is 0 Å². The highest BCUT2D eigenvalue weighted by Crippen LogP contribution is 2.04. The second-order valence-corrected chi connectivity index (χ2v) is 7.52. The largest absolute Gasteiger partial charge is 0.331 e. The Morgan fingerprint density at radius 1 is 0.682 bits per heavy atom. The molecule has 1 aliphatic heterocycles. The van der Waals surface area contributed by atoms with Gasteiger partial charge >= 0.3 is 0 Å². The predicted octanol–water partition coefficient (Wildman–Crippen LogP) is 0.337. The molecular formula is C17H40N5+. The highest BCUT2D eigenvalue weighted by molar-refractivity contribution is 4.65. The van der Waals surface area contributed by atoms with E-state index >= 15 is 0 Å². The Kier molecular flexibility index (Phi) is 11.1. The number of quaternary nitrogens is 1. The van der Waals surface area contributed by atoms with Gasteiger partial charge in [0.05, 0.1) is 27.7 Å². The smallest absolute Gasteiger partial charge is 0.0780 e. The van der Waals surface area contributed by atoms with Crippen LogP contribution < -0.4 is 16.0 Å². The molecule has 1 fully saturated rings. The van der Waals surface area contributed by atoms with Crippen LogP contribution >= 0.6 is 0 Å². The molecule has 1 heterocycles. The monoisotopic (exact) mass is 314 g/mol. The van der Waals surface area contributed by atoms with E-state index in [1.807, 2.05) is 0 Å². The number of nitrogens with zero attached hydrogens (tertiary/aromatic N) is 2. The van der Waals surface area contributed by atoms with Gasteiger partial charge in [-0.05, 0) is 25.8 Å². The van der Waals surface area contributed by atoms with Crippen molar-refractivity contribution in [3.05, 3.63) is 0 Å². The lowest BCUT2D eigenvalue weighted by Gasteiger charge is -2.24. The van der Waals surface area contributed by atoms with E-state index < -0.39 is 0 Å². The highest BCUT2D eigenvalue weighted by atomic mass is 15.3. The molecule has 0 spiro atoms. The van der Waals surface area contributed by atoms with Crippen LogP contribution in [0.5, 0.6) is 0 Å². The van der Waals surface area contributed by atoms with Crippen molar-refractivity contribution in [1.82, 2.24) is 20.9 Å². The first-order valence-electron chi connectivity index (χ1n) is 9.23. The summed E-state index contributed by atoms with van der Waals surface area (Å²) in [5, 5.41) is 10.5. The summed E-state index contributed by atoms with van der Waals surface area (Å²) in [6, 6.07) is 0. The van der Waals surface area contributed by atoms with Crippen LogP contribution in [0, 0.1) is 0 Å². The molecule has 5 nitrogen and oxygen atoms in total. The van der Waals surface area contributed by atoms with Crippen LogP contribution in [0.2, 0.25) is 0 Å². The Morgan fingerprint density at radius 3 is 1.73 bits per heavy atom. The molecule has 1 rings (SSSR count). The molecule has 0 unspecified atom stereocenters. The van der Waals surface area contributed by atoms with Gasteiger partial charge in [-0.3, -0.25) is 0 Å². The predicted molar refractivity (Wildman–Crippen MR) is 96.4 cm³/mol. The van der Waals surface area contributed by atoms with E-state index in [1.165, 1.54) is 51.9 Å². The van der Waals surface area contributed by atoms with E-state index in [9.17, 15) is 0 Å². The summed E-state index contributed by atoms with van der Waals surface area (Å²) in [6.07, 6.45) is 5.46. The molecule has 0 atom stereocenters. The molecule has 5 heteroatoms. The first-order valence-corrected chi connectivity index (χ1v) is 9.23. The van der Waals surface area contributed by atoms with Crippen molar-refractivity contribution in [1.29, 1.82) is 0 Å². The molecule has 0 aromatic carbocycles. The summed E-state index contributed by atoms with van der Waals surface area (Å²) in [6.45, 7) is 11.5. The first-order chi connectivity index (χ1) is 10.6. The van der Waals surface area contributed by atoms with Gasteiger partial charge in [0.1, 0.15) is 0 Å². The molecule has 0 radical (unpaired) electrons. The van der Waals surface area contributed by atoms with Crippen molar-refractivity contribution in [2.24, 2.45) is 0 Å². The first kappa shape index (κ1) is 19.8. The SMILES string of the molecule is C[N+](C)(C)CCCCCCN1CCNCCNCCNCC1. The van der Waals surface area contributed by atoms with Gasteiger partial charge in [0, 0.05) is 52.4 Å². The van der Waals surface area contributed by atoms with Gasteiger partial charge < -0.3 is 25.3 Å². The molecule has 0 aliphatic carbocycles. The normalized spacial score (nSPS) is 20.3. The molecule has 132 valence electrons. The zero-order valence-corrected chi connectivity index (χ0v) is 15.3. The van der Waals surface area contributed by atoms with E-state index in [0.717, 1.165) is 43.8 Å². The van der Waals surface area contributed by atoms with Crippen LogP contribution in [0.15, 0.2) is 0 Å². The van der Waals surface area contributed by atoms with E-state index in [-0.39, 0.29) is 0 Å². The van der Waals surface area contributed by atoms with Crippen LogP contribution in [0.4, 0.5) is 0 Å². The van der Waals surface area contributed by atoms with Crippen LogP contribution in [0.25, 0.3) is 0 Å². The molecular weight excluding hydrogens is 274 g/mol. The molecule has 0 amide bonds. The van der Waals surface area contributed by atoms with Crippen LogP contribution in [-0.2, 0) is 0 Å². The van der Waals surface area contributed by atoms with Gasteiger partial charge in [-0.1, -0.05) is 6.42 Å². The van der Waals surface area contributed by atoms with Crippen LogP contribution in [0.3, 0.4) is 0 Å². The summed E-state index contributed by atoms with van der Waals surface area (Å²) in [5.41, 5.74) is 0. The van der Waals surface area contributed by atoms with Gasteiger partial charge in [-0.15, -0.1) is 0 Å². The maximum Gasteiger partial charge on any atom is 0.0780 e. The molecule has 1 aliphatic rings. The van der Waals surface area contributed by atoms with Gasteiger partial charge in [0.15, 0.2) is 0 Å². The average molecular weight is 315 g/mol. The summed E-state index contributed by atoms with van der Waals surface area (Å²) in [7, 11) is 6.85. The molecule has 0 aromatic rings. The molecule has 1 saturated heterocycles. The lowest BCUT2D eigenvalue weighted by Crippen LogP contribution is -2.42. The summed E-state index contributed by atoms with van der Waals surface area (Å²) in [5.74, 6) is 0. The van der Waals surface area contributed by atoms with Gasteiger partial charge in [0.2, 0.25) is 0 Å². The number of unbranched alkanes of at least 4 members (excludes halogenated alkanes) is 3. The molecule has 0 aromatic heterocycles. The summed E-state index contributed by atoms with van der Waals surface area (Å²) in [4.78, 5) is 2.62. The molecule has 22 heavy (non-hydrogen) atoms. The van der Waals surface area contributed by atoms with Crippen molar-refractivity contribution in [3.63, 3.8) is 0 Å². The van der Waals surface area contributed by atoms with Crippen molar-refractivity contribution >= 4 is 0 Å².